The molecule has 152 valence electrons. The van der Waals surface area contributed by atoms with E-state index in [2.05, 4.69) is 10.2 Å². The summed E-state index contributed by atoms with van der Waals surface area (Å²) in [5.74, 6) is -0.399. The molecular formula is C23H16N4O2S2. The Bertz CT molecular complexity index is 1250. The molecule has 0 bridgehead atoms. The van der Waals surface area contributed by atoms with Crippen LogP contribution >= 0.6 is 23.1 Å². The Morgan fingerprint density at radius 2 is 1.48 bits per heavy atom. The summed E-state index contributed by atoms with van der Waals surface area (Å²) in [6, 6.07) is 22.4. The maximum Gasteiger partial charge on any atom is 0.283 e. The first-order valence-electron chi connectivity index (χ1n) is 9.52. The Morgan fingerprint density at radius 1 is 0.839 bits per heavy atom. The van der Waals surface area contributed by atoms with Gasteiger partial charge >= 0.3 is 0 Å². The molecule has 0 spiro atoms. The molecule has 8 heteroatoms. The van der Waals surface area contributed by atoms with Crippen LogP contribution in [0.25, 0.3) is 0 Å². The second-order valence-corrected chi connectivity index (χ2v) is 8.70. The molecule has 1 aromatic heterocycles. The molecule has 0 saturated carbocycles. The number of benzene rings is 2. The van der Waals surface area contributed by atoms with E-state index in [-0.39, 0.29) is 11.7 Å². The van der Waals surface area contributed by atoms with Crippen molar-refractivity contribution in [2.24, 2.45) is 10.2 Å². The first-order chi connectivity index (χ1) is 15.1. The monoisotopic (exact) mass is 444 g/mol. The Balaban J connectivity index is 1.59. The third-order valence-electron chi connectivity index (χ3n) is 4.75. The quantitative estimate of drug-likeness (QED) is 0.413. The van der Waals surface area contributed by atoms with E-state index in [4.69, 9.17) is 0 Å². The molecule has 3 heterocycles. The number of thioether (sulfide) groups is 1. The molecule has 0 aliphatic carbocycles. The van der Waals surface area contributed by atoms with Gasteiger partial charge in [-0.05, 0) is 54.4 Å². The minimum absolute atomic E-state index is 0.156. The van der Waals surface area contributed by atoms with Gasteiger partial charge in [-0.25, -0.2) is 5.01 Å². The van der Waals surface area contributed by atoms with Crippen LogP contribution in [-0.2, 0) is 4.79 Å². The molecule has 5 rings (SSSR count). The van der Waals surface area contributed by atoms with E-state index >= 15 is 0 Å². The van der Waals surface area contributed by atoms with Crippen molar-refractivity contribution in [2.75, 3.05) is 10.0 Å². The molecule has 0 radical (unpaired) electrons. The van der Waals surface area contributed by atoms with E-state index in [1.165, 1.54) is 28.1 Å². The lowest BCUT2D eigenvalue weighted by molar-refractivity contribution is -0.114. The third kappa shape index (κ3) is 3.49. The Hall–Kier alpha value is -3.49. The highest BCUT2D eigenvalue weighted by molar-refractivity contribution is 8.19. The summed E-state index contributed by atoms with van der Waals surface area (Å²) in [5.41, 5.74) is 2.48. The van der Waals surface area contributed by atoms with Gasteiger partial charge in [0.1, 0.15) is 5.03 Å². The average molecular weight is 445 g/mol. The third-order valence-corrected chi connectivity index (χ3v) is 6.65. The van der Waals surface area contributed by atoms with Crippen LogP contribution in [0.4, 0.5) is 11.4 Å². The second kappa shape index (κ2) is 7.98. The highest BCUT2D eigenvalue weighted by atomic mass is 32.2. The number of thiophene rings is 1. The highest BCUT2D eigenvalue weighted by Gasteiger charge is 2.38. The first kappa shape index (κ1) is 19.5. The van der Waals surface area contributed by atoms with Crippen LogP contribution in [-0.4, -0.2) is 22.4 Å². The van der Waals surface area contributed by atoms with Crippen LogP contribution in [0.3, 0.4) is 0 Å². The number of carbonyl (C=O) groups is 2. The van der Waals surface area contributed by atoms with Gasteiger partial charge in [0.15, 0.2) is 5.04 Å². The van der Waals surface area contributed by atoms with Crippen LogP contribution < -0.4 is 10.0 Å². The van der Waals surface area contributed by atoms with E-state index in [1.54, 1.807) is 18.0 Å². The van der Waals surface area contributed by atoms with E-state index < -0.39 is 0 Å². The lowest BCUT2D eigenvalue weighted by Gasteiger charge is -2.17. The maximum absolute atomic E-state index is 13.4. The van der Waals surface area contributed by atoms with Gasteiger partial charge in [0.05, 0.1) is 27.5 Å². The molecule has 1 amide bonds. The number of nitrogens with zero attached hydrogens (tertiary/aromatic N) is 4. The summed E-state index contributed by atoms with van der Waals surface area (Å²) in [5, 5.41) is 14.9. The predicted molar refractivity (Wildman–Crippen MR) is 127 cm³/mol. The lowest BCUT2D eigenvalue weighted by Crippen LogP contribution is -2.24. The average Bonchev–Trinajstić information content (AvgIpc) is 3.54. The molecule has 0 atom stereocenters. The smallest absolute Gasteiger partial charge is 0.283 e. The SMILES string of the molecule is CC1=NN(c2ccccc2)C(=O)/C1=C1/SC(C(=O)c2cccs2)=NN1c1ccccc1. The summed E-state index contributed by atoms with van der Waals surface area (Å²) in [6.07, 6.45) is 0. The van der Waals surface area contributed by atoms with Gasteiger partial charge in [0.2, 0.25) is 5.78 Å². The van der Waals surface area contributed by atoms with Crippen molar-refractivity contribution in [3.05, 3.63) is 93.7 Å². The zero-order valence-electron chi connectivity index (χ0n) is 16.4. The second-order valence-electron chi connectivity index (χ2n) is 6.78. The molecule has 3 aromatic rings. The number of hydrogen-bond donors (Lipinski definition) is 0. The number of ketones is 1. The molecule has 2 aliphatic rings. The minimum atomic E-state index is -0.243. The van der Waals surface area contributed by atoms with E-state index in [1.807, 2.05) is 72.1 Å². The molecule has 0 unspecified atom stereocenters. The van der Waals surface area contributed by atoms with Crippen molar-refractivity contribution in [3.8, 4) is 0 Å². The molecular weight excluding hydrogens is 428 g/mol. The van der Waals surface area contributed by atoms with Gasteiger partial charge in [-0.3, -0.25) is 9.59 Å². The normalized spacial score (nSPS) is 18.4. The summed E-state index contributed by atoms with van der Waals surface area (Å²) in [6.45, 7) is 1.80. The fourth-order valence-corrected chi connectivity index (χ4v) is 5.10. The number of para-hydroxylation sites is 2. The molecule has 6 nitrogen and oxygen atoms in total. The van der Waals surface area contributed by atoms with Gasteiger partial charge in [-0.1, -0.05) is 42.5 Å². The maximum atomic E-state index is 13.4. The van der Waals surface area contributed by atoms with Crippen molar-refractivity contribution in [1.29, 1.82) is 0 Å². The fourth-order valence-electron chi connectivity index (χ4n) is 3.29. The standard InChI is InChI=1S/C23H16N4O2S2/c1-15-19(22(29)26(24-15)16-9-4-2-5-10-16)23-27(17-11-6-3-7-12-17)25-21(31-23)20(28)18-13-8-14-30-18/h2-14H,1H3/b23-19+. The van der Waals surface area contributed by atoms with Gasteiger partial charge in [0, 0.05) is 0 Å². The van der Waals surface area contributed by atoms with Crippen molar-refractivity contribution < 1.29 is 9.59 Å². The van der Waals surface area contributed by atoms with Crippen LogP contribution in [0.5, 0.6) is 0 Å². The van der Waals surface area contributed by atoms with Gasteiger partial charge < -0.3 is 0 Å². The number of carbonyl (C=O) groups excluding carboxylic acids is 2. The van der Waals surface area contributed by atoms with Crippen molar-refractivity contribution in [3.63, 3.8) is 0 Å². The number of rotatable bonds is 4. The Kier molecular flexibility index (Phi) is 5.01. The molecule has 0 fully saturated rings. The summed E-state index contributed by atoms with van der Waals surface area (Å²) in [4.78, 5) is 27.0. The number of anilines is 2. The Morgan fingerprint density at radius 3 is 2.10 bits per heavy atom. The lowest BCUT2D eigenvalue weighted by atomic mass is 10.2. The number of Topliss-reactive ketones (excluding diaryl/α,β-unsaturated/α-hetero) is 1. The Labute approximate surface area is 187 Å². The molecule has 2 aromatic carbocycles. The zero-order chi connectivity index (χ0) is 21.4. The summed E-state index contributed by atoms with van der Waals surface area (Å²) in [7, 11) is 0. The van der Waals surface area contributed by atoms with Crippen molar-refractivity contribution >= 4 is 56.9 Å². The molecule has 0 N–H and O–H groups in total. The van der Waals surface area contributed by atoms with Crippen molar-refractivity contribution in [2.45, 2.75) is 6.92 Å². The zero-order valence-corrected chi connectivity index (χ0v) is 18.1. The summed E-state index contributed by atoms with van der Waals surface area (Å²) >= 11 is 2.58. The number of amides is 1. The van der Waals surface area contributed by atoms with Gasteiger partial charge in [-0.15, -0.1) is 11.3 Å². The predicted octanol–water partition coefficient (Wildman–Crippen LogP) is 5.13. The summed E-state index contributed by atoms with van der Waals surface area (Å²) < 4.78 is 0. The first-order valence-corrected chi connectivity index (χ1v) is 11.2. The molecule has 31 heavy (non-hydrogen) atoms. The van der Waals surface area contributed by atoms with Gasteiger partial charge in [0.25, 0.3) is 5.91 Å². The van der Waals surface area contributed by atoms with Crippen LogP contribution in [0.15, 0.2) is 99.0 Å². The molecule has 2 aliphatic heterocycles. The van der Waals surface area contributed by atoms with Gasteiger partial charge in [-0.2, -0.15) is 15.2 Å². The highest BCUT2D eigenvalue weighted by Crippen LogP contribution is 2.40. The molecule has 0 saturated heterocycles. The topological polar surface area (TPSA) is 65.3 Å². The van der Waals surface area contributed by atoms with E-state index in [0.29, 0.717) is 31.9 Å². The van der Waals surface area contributed by atoms with Crippen LogP contribution in [0.2, 0.25) is 0 Å². The van der Waals surface area contributed by atoms with Crippen molar-refractivity contribution in [1.82, 2.24) is 0 Å². The minimum Gasteiger partial charge on any atom is -0.285 e. The van der Waals surface area contributed by atoms with Crippen LogP contribution in [0, 0.1) is 0 Å². The van der Waals surface area contributed by atoms with Crippen LogP contribution in [0.1, 0.15) is 16.6 Å². The van der Waals surface area contributed by atoms with E-state index in [9.17, 15) is 9.59 Å². The largest absolute Gasteiger partial charge is 0.285 e. The van der Waals surface area contributed by atoms with E-state index in [0.717, 1.165) is 5.69 Å². The fraction of sp³-hybridized carbons (Fsp3) is 0.0435. The number of hydrogen-bond acceptors (Lipinski definition) is 7. The number of hydrazone groups is 2.